The van der Waals surface area contributed by atoms with Gasteiger partial charge in [0, 0.05) is 10.9 Å². The maximum absolute atomic E-state index is 13.3. The molecule has 4 aliphatic carbocycles. The van der Waals surface area contributed by atoms with Crippen molar-refractivity contribution in [1.29, 1.82) is 0 Å². The fourth-order valence-corrected chi connectivity index (χ4v) is 8.91. The van der Waals surface area contributed by atoms with Gasteiger partial charge in [0.1, 0.15) is 0 Å². The molecule has 0 amide bonds. The molecule has 0 saturated heterocycles. The number of carbonyl (C=O) groups excluding carboxylic acids is 2. The molecule has 5 rings (SSSR count). The molecule has 4 bridgehead atoms. The summed E-state index contributed by atoms with van der Waals surface area (Å²) in [6, 6.07) is 6.57. The van der Waals surface area contributed by atoms with Gasteiger partial charge >= 0.3 is 5.97 Å². The van der Waals surface area contributed by atoms with Crippen molar-refractivity contribution in [3.63, 3.8) is 0 Å². The van der Waals surface area contributed by atoms with Crippen LogP contribution in [0.5, 0.6) is 0 Å². The summed E-state index contributed by atoms with van der Waals surface area (Å²) in [5, 5.41) is 0. The highest BCUT2D eigenvalue weighted by Crippen LogP contribution is 2.63. The van der Waals surface area contributed by atoms with E-state index in [4.69, 9.17) is 4.74 Å². The monoisotopic (exact) mass is 511 g/mol. The molecule has 0 aromatic heterocycles. The van der Waals surface area contributed by atoms with E-state index in [1.807, 2.05) is 0 Å². The number of halogens is 1. The van der Waals surface area contributed by atoms with Crippen molar-refractivity contribution in [3.8, 4) is 0 Å². The number of nitrogens with one attached hydrogen (secondary N) is 1. The molecule has 170 valence electrons. The molecule has 31 heavy (non-hydrogen) atoms. The van der Waals surface area contributed by atoms with E-state index in [2.05, 4.69) is 20.7 Å². The van der Waals surface area contributed by atoms with Crippen molar-refractivity contribution in [2.24, 2.45) is 29.1 Å². The summed E-state index contributed by atoms with van der Waals surface area (Å²) in [6.45, 7) is 3.27. The third-order valence-corrected chi connectivity index (χ3v) is 10.4. The molecule has 2 unspecified atom stereocenters. The minimum Gasteiger partial charge on any atom is -0.469 e. The van der Waals surface area contributed by atoms with Gasteiger partial charge in [-0.1, -0.05) is 12.1 Å². The number of Topliss-reactive ketones (excluding diaryl/α,β-unsaturated/α-hetero) is 1. The Labute approximate surface area is 192 Å². The largest absolute Gasteiger partial charge is 0.469 e. The third-order valence-electron chi connectivity index (χ3n) is 7.72. The van der Waals surface area contributed by atoms with Crippen LogP contribution in [0.15, 0.2) is 33.6 Å². The quantitative estimate of drug-likeness (QED) is 0.557. The standard InChI is InChI=1S/C23H30BrNO5S/c1-22(2,25-31(28,29)19-7-5-4-6-18(19)24)20(26)10-17-15-8-14-9-16(17)13-23(11-14,12-15)21(27)30-3/h4-7,14-17,25H,8-13H2,1-3H3. The maximum Gasteiger partial charge on any atom is 0.311 e. The lowest BCUT2D eigenvalue weighted by atomic mass is 9.45. The van der Waals surface area contributed by atoms with Crippen LogP contribution in [0, 0.1) is 29.1 Å². The lowest BCUT2D eigenvalue weighted by molar-refractivity contribution is -0.175. The summed E-state index contributed by atoms with van der Waals surface area (Å²) in [5.41, 5.74) is -1.59. The Bertz CT molecular complexity index is 989. The van der Waals surface area contributed by atoms with Crippen LogP contribution in [0.3, 0.4) is 0 Å². The fraction of sp³-hybridized carbons (Fsp3) is 0.652. The average Bonchev–Trinajstić information content (AvgIpc) is 2.68. The molecule has 8 heteroatoms. The first-order valence-electron chi connectivity index (χ1n) is 10.9. The number of rotatable bonds is 7. The SMILES string of the molecule is COC(=O)C12CC3CC(C1)C(CC(=O)C(C)(C)NS(=O)(=O)c1ccccc1Br)C(C3)C2. The van der Waals surface area contributed by atoms with Gasteiger partial charge in [0.05, 0.1) is 23.0 Å². The first-order chi connectivity index (χ1) is 14.5. The molecular formula is C23H30BrNO5S. The van der Waals surface area contributed by atoms with Crippen molar-refractivity contribution in [2.75, 3.05) is 7.11 Å². The molecule has 1 N–H and O–H groups in total. The third kappa shape index (κ3) is 4.11. The van der Waals surface area contributed by atoms with E-state index < -0.39 is 15.6 Å². The highest BCUT2D eigenvalue weighted by molar-refractivity contribution is 9.10. The van der Waals surface area contributed by atoms with E-state index >= 15 is 0 Å². The van der Waals surface area contributed by atoms with Crippen LogP contribution in [0.25, 0.3) is 0 Å². The fourth-order valence-electron chi connectivity index (χ4n) is 6.51. The van der Waals surface area contributed by atoms with Crippen molar-refractivity contribution >= 4 is 37.7 Å². The number of sulfonamides is 1. The van der Waals surface area contributed by atoms with Crippen LogP contribution in [0.1, 0.15) is 52.4 Å². The van der Waals surface area contributed by atoms with Crippen molar-refractivity contribution in [2.45, 2.75) is 62.8 Å². The van der Waals surface area contributed by atoms with Gasteiger partial charge in [0.2, 0.25) is 10.0 Å². The Morgan fingerprint density at radius 1 is 1.16 bits per heavy atom. The molecule has 0 spiro atoms. The molecule has 1 aromatic rings. The van der Waals surface area contributed by atoms with Crippen molar-refractivity contribution in [3.05, 3.63) is 28.7 Å². The van der Waals surface area contributed by atoms with Gasteiger partial charge in [-0.05, 0) is 97.7 Å². The molecule has 0 radical (unpaired) electrons. The Hall–Kier alpha value is -1.25. The number of hydrogen-bond donors (Lipinski definition) is 1. The highest BCUT2D eigenvalue weighted by atomic mass is 79.9. The zero-order valence-electron chi connectivity index (χ0n) is 18.2. The van der Waals surface area contributed by atoms with Gasteiger partial charge in [0.25, 0.3) is 0 Å². The average molecular weight is 512 g/mol. The van der Waals surface area contributed by atoms with E-state index in [1.54, 1.807) is 32.0 Å². The Kier molecular flexibility index (Phi) is 5.88. The summed E-state index contributed by atoms with van der Waals surface area (Å²) in [5.74, 6) is 1.18. The summed E-state index contributed by atoms with van der Waals surface area (Å²) in [4.78, 5) is 25.9. The number of methoxy groups -OCH3 is 1. The molecular weight excluding hydrogens is 482 g/mol. The maximum atomic E-state index is 13.3. The van der Waals surface area contributed by atoms with Crippen LogP contribution >= 0.6 is 15.9 Å². The lowest BCUT2D eigenvalue weighted by Crippen LogP contribution is -2.56. The Balaban J connectivity index is 1.48. The van der Waals surface area contributed by atoms with Gasteiger partial charge in [-0.2, -0.15) is 4.72 Å². The minimum atomic E-state index is -3.86. The lowest BCUT2D eigenvalue weighted by Gasteiger charge is -2.58. The molecule has 1 aromatic carbocycles. The zero-order chi connectivity index (χ0) is 22.6. The predicted molar refractivity (Wildman–Crippen MR) is 120 cm³/mol. The minimum absolute atomic E-state index is 0.0989. The molecule has 0 aliphatic heterocycles. The zero-order valence-corrected chi connectivity index (χ0v) is 20.6. The van der Waals surface area contributed by atoms with Gasteiger partial charge in [-0.15, -0.1) is 0 Å². The summed E-state index contributed by atoms with van der Waals surface area (Å²) in [6.07, 6.45) is 4.92. The second-order valence-corrected chi connectivity index (χ2v) is 12.7. The topological polar surface area (TPSA) is 89.5 Å². The Morgan fingerprint density at radius 3 is 2.35 bits per heavy atom. The number of esters is 1. The molecule has 0 heterocycles. The molecule has 2 atom stereocenters. The highest BCUT2D eigenvalue weighted by Gasteiger charge is 2.59. The number of ketones is 1. The predicted octanol–water partition coefficient (Wildman–Crippen LogP) is 4.08. The molecule has 4 fully saturated rings. The number of carbonyl (C=O) groups is 2. The van der Waals surface area contributed by atoms with Crippen LogP contribution in [-0.4, -0.2) is 32.8 Å². The second-order valence-electron chi connectivity index (χ2n) is 10.2. The normalized spacial score (nSPS) is 32.1. The van der Waals surface area contributed by atoms with Gasteiger partial charge in [-0.25, -0.2) is 8.42 Å². The second kappa shape index (κ2) is 7.96. The van der Waals surface area contributed by atoms with Crippen molar-refractivity contribution < 1.29 is 22.7 Å². The van der Waals surface area contributed by atoms with Crippen LogP contribution in [-0.2, 0) is 24.3 Å². The summed E-state index contributed by atoms with van der Waals surface area (Å²) < 4.78 is 34.0. The van der Waals surface area contributed by atoms with E-state index in [0.717, 1.165) is 32.1 Å². The first-order valence-corrected chi connectivity index (χ1v) is 13.2. The van der Waals surface area contributed by atoms with Crippen molar-refractivity contribution in [1.82, 2.24) is 4.72 Å². The van der Waals surface area contributed by atoms with E-state index in [1.165, 1.54) is 13.2 Å². The van der Waals surface area contributed by atoms with Crippen LogP contribution < -0.4 is 4.72 Å². The van der Waals surface area contributed by atoms with E-state index in [0.29, 0.717) is 28.6 Å². The number of benzene rings is 1. The summed E-state index contributed by atoms with van der Waals surface area (Å²) in [7, 11) is -2.40. The first kappa shape index (κ1) is 22.9. The number of ether oxygens (including phenoxy) is 1. The van der Waals surface area contributed by atoms with Crippen LogP contribution in [0.2, 0.25) is 0 Å². The molecule has 4 aliphatic rings. The van der Waals surface area contributed by atoms with Gasteiger partial charge < -0.3 is 4.74 Å². The van der Waals surface area contributed by atoms with Gasteiger partial charge in [0.15, 0.2) is 5.78 Å². The van der Waals surface area contributed by atoms with Crippen LogP contribution in [0.4, 0.5) is 0 Å². The van der Waals surface area contributed by atoms with E-state index in [9.17, 15) is 18.0 Å². The number of hydrogen-bond acceptors (Lipinski definition) is 5. The van der Waals surface area contributed by atoms with E-state index in [-0.39, 0.29) is 28.0 Å². The van der Waals surface area contributed by atoms with Gasteiger partial charge in [-0.3, -0.25) is 9.59 Å². The molecule has 4 saturated carbocycles. The summed E-state index contributed by atoms with van der Waals surface area (Å²) >= 11 is 3.28. The molecule has 6 nitrogen and oxygen atoms in total. The Morgan fingerprint density at radius 2 is 1.77 bits per heavy atom. The smallest absolute Gasteiger partial charge is 0.311 e.